The molecule has 1 aromatic carbocycles. The molecular weight excluding hydrogens is 243 g/mol. The highest BCUT2D eigenvalue weighted by Gasteiger charge is 2.11. The zero-order valence-corrected chi connectivity index (χ0v) is 10.9. The molecule has 1 aromatic rings. The normalized spacial score (nSPS) is 11.9. The highest BCUT2D eigenvalue weighted by atomic mass is 35.5. The number of rotatable bonds is 4. The highest BCUT2D eigenvalue weighted by Crippen LogP contribution is 2.28. The van der Waals surface area contributed by atoms with Crippen LogP contribution in [0.3, 0.4) is 0 Å². The van der Waals surface area contributed by atoms with Gasteiger partial charge in [0.15, 0.2) is 0 Å². The average Bonchev–Trinajstić information content (AvgIpc) is 2.25. The van der Waals surface area contributed by atoms with Crippen molar-refractivity contribution in [2.24, 2.45) is 5.92 Å². The van der Waals surface area contributed by atoms with Crippen LogP contribution < -0.4 is 4.90 Å². The Labute approximate surface area is 106 Å². The van der Waals surface area contributed by atoms with Crippen molar-refractivity contribution in [3.8, 4) is 6.07 Å². The summed E-state index contributed by atoms with van der Waals surface area (Å²) in [5, 5.41) is 10.1. The molecule has 0 fully saturated rings. The second kappa shape index (κ2) is 5.98. The first kappa shape index (κ1) is 13.2. The molecule has 0 amide bonds. The molecule has 0 spiro atoms. The van der Waals surface area contributed by atoms with E-state index in [4.69, 9.17) is 28.5 Å². The molecule has 1 atom stereocenters. The van der Waals surface area contributed by atoms with Crippen molar-refractivity contribution in [3.63, 3.8) is 0 Å². The van der Waals surface area contributed by atoms with Crippen LogP contribution in [0.25, 0.3) is 0 Å². The highest BCUT2D eigenvalue weighted by molar-refractivity contribution is 6.36. The lowest BCUT2D eigenvalue weighted by atomic mass is 10.1. The third-order valence-electron chi connectivity index (χ3n) is 2.49. The van der Waals surface area contributed by atoms with Gasteiger partial charge in [-0.2, -0.15) is 5.26 Å². The van der Waals surface area contributed by atoms with Gasteiger partial charge in [0.2, 0.25) is 0 Å². The topological polar surface area (TPSA) is 27.0 Å². The molecule has 1 unspecified atom stereocenters. The molecule has 86 valence electrons. The van der Waals surface area contributed by atoms with Crippen molar-refractivity contribution in [1.29, 1.82) is 5.26 Å². The van der Waals surface area contributed by atoms with Gasteiger partial charge in [0.25, 0.3) is 0 Å². The minimum atomic E-state index is 0.0248. The first-order valence-corrected chi connectivity index (χ1v) is 5.89. The summed E-state index contributed by atoms with van der Waals surface area (Å²) >= 11 is 11.9. The molecule has 0 aliphatic heterocycles. The van der Waals surface area contributed by atoms with E-state index >= 15 is 0 Å². The summed E-state index contributed by atoms with van der Waals surface area (Å²) in [5.41, 5.74) is 0.903. The maximum absolute atomic E-state index is 8.90. The first-order valence-electron chi connectivity index (χ1n) is 5.14. The fourth-order valence-electron chi connectivity index (χ4n) is 1.48. The van der Waals surface area contributed by atoms with Crippen LogP contribution in [-0.2, 0) is 0 Å². The van der Waals surface area contributed by atoms with E-state index in [0.29, 0.717) is 16.6 Å². The zero-order valence-electron chi connectivity index (χ0n) is 9.37. The van der Waals surface area contributed by atoms with Crippen LogP contribution in [0.15, 0.2) is 18.2 Å². The zero-order chi connectivity index (χ0) is 12.1. The Morgan fingerprint density at radius 2 is 2.12 bits per heavy atom. The van der Waals surface area contributed by atoms with Gasteiger partial charge in [-0.05, 0) is 24.6 Å². The van der Waals surface area contributed by atoms with E-state index in [1.165, 1.54) is 0 Å². The van der Waals surface area contributed by atoms with Crippen LogP contribution in [0, 0.1) is 17.2 Å². The second-order valence-corrected chi connectivity index (χ2v) is 4.55. The molecule has 0 aromatic heterocycles. The van der Waals surface area contributed by atoms with Crippen LogP contribution >= 0.6 is 23.2 Å². The molecule has 0 aliphatic carbocycles. The van der Waals surface area contributed by atoms with E-state index in [1.54, 1.807) is 12.1 Å². The number of anilines is 1. The molecule has 16 heavy (non-hydrogen) atoms. The van der Waals surface area contributed by atoms with E-state index in [0.717, 1.165) is 12.1 Å². The lowest BCUT2D eigenvalue weighted by Crippen LogP contribution is -2.24. The standard InChI is InChI=1S/C12H14Cl2N2/c1-3-9(7-15)8-16(2)12-5-4-10(13)6-11(12)14/h4-6,9H,3,8H2,1-2H3. The van der Waals surface area contributed by atoms with Gasteiger partial charge in [-0.15, -0.1) is 0 Å². The molecule has 0 aliphatic rings. The van der Waals surface area contributed by atoms with E-state index in [9.17, 15) is 0 Å². The lowest BCUT2D eigenvalue weighted by Gasteiger charge is -2.22. The maximum atomic E-state index is 8.90. The fraction of sp³-hybridized carbons (Fsp3) is 0.417. The molecule has 1 rings (SSSR count). The number of benzene rings is 1. The fourth-order valence-corrected chi connectivity index (χ4v) is 2.03. The Hall–Kier alpha value is -0.910. The third-order valence-corrected chi connectivity index (χ3v) is 3.03. The number of halogens is 2. The van der Waals surface area contributed by atoms with Crippen molar-refractivity contribution in [3.05, 3.63) is 28.2 Å². The monoisotopic (exact) mass is 256 g/mol. The summed E-state index contributed by atoms with van der Waals surface area (Å²) < 4.78 is 0. The molecule has 4 heteroatoms. The molecule has 0 bridgehead atoms. The molecule has 0 saturated heterocycles. The molecule has 0 N–H and O–H groups in total. The summed E-state index contributed by atoms with van der Waals surface area (Å²) in [6, 6.07) is 7.65. The van der Waals surface area contributed by atoms with Gasteiger partial charge in [-0.1, -0.05) is 30.1 Å². The average molecular weight is 257 g/mol. The Morgan fingerprint density at radius 1 is 1.44 bits per heavy atom. The summed E-state index contributed by atoms with van der Waals surface area (Å²) in [4.78, 5) is 1.98. The second-order valence-electron chi connectivity index (χ2n) is 3.71. The molecular formula is C12H14Cl2N2. The Bertz CT molecular complexity index is 398. The maximum Gasteiger partial charge on any atom is 0.0674 e. The van der Waals surface area contributed by atoms with Gasteiger partial charge in [0, 0.05) is 18.6 Å². The van der Waals surface area contributed by atoms with Crippen LogP contribution in [0.2, 0.25) is 10.0 Å². The van der Waals surface area contributed by atoms with Gasteiger partial charge in [-0.3, -0.25) is 0 Å². The number of nitriles is 1. The smallest absolute Gasteiger partial charge is 0.0674 e. The van der Waals surface area contributed by atoms with Crippen LogP contribution in [0.4, 0.5) is 5.69 Å². The molecule has 0 radical (unpaired) electrons. The molecule has 0 saturated carbocycles. The largest absolute Gasteiger partial charge is 0.372 e. The Morgan fingerprint density at radius 3 is 2.62 bits per heavy atom. The summed E-state index contributed by atoms with van der Waals surface area (Å²) in [5.74, 6) is 0.0248. The lowest BCUT2D eigenvalue weighted by molar-refractivity contribution is 0.631. The van der Waals surface area contributed by atoms with Crippen LogP contribution in [-0.4, -0.2) is 13.6 Å². The van der Waals surface area contributed by atoms with Crippen molar-refractivity contribution in [2.75, 3.05) is 18.5 Å². The van der Waals surface area contributed by atoms with Crippen LogP contribution in [0.1, 0.15) is 13.3 Å². The minimum Gasteiger partial charge on any atom is -0.372 e. The van der Waals surface area contributed by atoms with Gasteiger partial charge < -0.3 is 4.90 Å². The predicted molar refractivity (Wildman–Crippen MR) is 69.1 cm³/mol. The minimum absolute atomic E-state index is 0.0248. The van der Waals surface area contributed by atoms with Crippen LogP contribution in [0.5, 0.6) is 0 Å². The Balaban J connectivity index is 2.81. The predicted octanol–water partition coefficient (Wildman–Crippen LogP) is 3.98. The van der Waals surface area contributed by atoms with Gasteiger partial charge in [0.1, 0.15) is 0 Å². The number of hydrogen-bond acceptors (Lipinski definition) is 2. The molecule has 0 heterocycles. The summed E-state index contributed by atoms with van der Waals surface area (Å²) in [7, 11) is 1.93. The van der Waals surface area contributed by atoms with Gasteiger partial charge >= 0.3 is 0 Å². The SMILES string of the molecule is CCC(C#N)CN(C)c1ccc(Cl)cc1Cl. The van der Waals surface area contributed by atoms with Gasteiger partial charge in [-0.25, -0.2) is 0 Å². The van der Waals surface area contributed by atoms with Crippen molar-refractivity contribution in [1.82, 2.24) is 0 Å². The van der Waals surface area contributed by atoms with Crippen molar-refractivity contribution >= 4 is 28.9 Å². The van der Waals surface area contributed by atoms with E-state index in [-0.39, 0.29) is 5.92 Å². The van der Waals surface area contributed by atoms with Crippen molar-refractivity contribution < 1.29 is 0 Å². The molecule has 2 nitrogen and oxygen atoms in total. The summed E-state index contributed by atoms with van der Waals surface area (Å²) in [6.45, 7) is 2.68. The number of hydrogen-bond donors (Lipinski definition) is 0. The van der Waals surface area contributed by atoms with E-state index in [1.807, 2.05) is 24.9 Å². The van der Waals surface area contributed by atoms with Crippen molar-refractivity contribution in [2.45, 2.75) is 13.3 Å². The Kier molecular flexibility index (Phi) is 4.92. The third kappa shape index (κ3) is 3.30. The quantitative estimate of drug-likeness (QED) is 0.815. The van der Waals surface area contributed by atoms with E-state index in [2.05, 4.69) is 6.07 Å². The summed E-state index contributed by atoms with van der Waals surface area (Å²) in [6.07, 6.45) is 0.839. The number of nitrogens with zero attached hydrogens (tertiary/aromatic N) is 2. The van der Waals surface area contributed by atoms with E-state index < -0.39 is 0 Å². The first-order chi connectivity index (χ1) is 7.58. The van der Waals surface area contributed by atoms with Gasteiger partial charge in [0.05, 0.1) is 22.7 Å².